The maximum absolute atomic E-state index is 11.2. The van der Waals surface area contributed by atoms with Crippen LogP contribution in [0.25, 0.3) is 0 Å². The van der Waals surface area contributed by atoms with E-state index in [2.05, 4.69) is 10.4 Å². The van der Waals surface area contributed by atoms with Gasteiger partial charge >= 0.3 is 11.7 Å². The summed E-state index contributed by atoms with van der Waals surface area (Å²) in [5, 5.41) is 27.0. The molecule has 0 unspecified atom stereocenters. The van der Waals surface area contributed by atoms with E-state index in [0.717, 1.165) is 0 Å². The number of nitrogens with one attached hydrogen (secondary N) is 1. The molecule has 2 rings (SSSR count). The van der Waals surface area contributed by atoms with E-state index in [1.54, 1.807) is 26.1 Å². The van der Waals surface area contributed by atoms with Crippen LogP contribution in [0.3, 0.4) is 0 Å². The molecule has 0 saturated heterocycles. The van der Waals surface area contributed by atoms with Gasteiger partial charge in [-0.15, -0.1) is 0 Å². The van der Waals surface area contributed by atoms with Crippen LogP contribution in [0, 0.1) is 10.1 Å². The molecular formula is C13H14N4O4. The number of aryl methyl sites for hydroxylation is 2. The van der Waals surface area contributed by atoms with Crippen LogP contribution in [0.15, 0.2) is 24.3 Å². The predicted octanol–water partition coefficient (Wildman–Crippen LogP) is 2.33. The zero-order chi connectivity index (χ0) is 15.6. The minimum absolute atomic E-state index is 0.0673. The van der Waals surface area contributed by atoms with E-state index in [-0.39, 0.29) is 17.1 Å². The van der Waals surface area contributed by atoms with Crippen molar-refractivity contribution in [3.05, 3.63) is 45.6 Å². The van der Waals surface area contributed by atoms with Crippen LogP contribution in [0.4, 0.5) is 17.2 Å². The number of hydrogen-bond donors (Lipinski definition) is 2. The topological polar surface area (TPSA) is 110 Å². The van der Waals surface area contributed by atoms with Gasteiger partial charge in [-0.05, 0) is 30.7 Å². The highest BCUT2D eigenvalue weighted by Gasteiger charge is 2.25. The lowest BCUT2D eigenvalue weighted by Crippen LogP contribution is -2.02. The molecule has 0 radical (unpaired) electrons. The zero-order valence-electron chi connectivity index (χ0n) is 11.5. The van der Waals surface area contributed by atoms with Crippen LogP contribution in [0.2, 0.25) is 0 Å². The molecule has 0 aliphatic heterocycles. The first-order valence-corrected chi connectivity index (χ1v) is 6.24. The van der Waals surface area contributed by atoms with E-state index in [4.69, 9.17) is 5.11 Å². The van der Waals surface area contributed by atoms with Gasteiger partial charge in [0, 0.05) is 12.7 Å². The number of hydrogen-bond acceptors (Lipinski definition) is 5. The fourth-order valence-corrected chi connectivity index (χ4v) is 1.97. The summed E-state index contributed by atoms with van der Waals surface area (Å²) in [5.74, 6) is -0.763. The molecule has 2 N–H and O–H groups in total. The maximum Gasteiger partial charge on any atom is 0.335 e. The van der Waals surface area contributed by atoms with Crippen LogP contribution < -0.4 is 5.32 Å². The Kier molecular flexibility index (Phi) is 3.88. The third kappa shape index (κ3) is 2.83. The van der Waals surface area contributed by atoms with E-state index in [9.17, 15) is 14.9 Å². The molecule has 8 nitrogen and oxygen atoms in total. The van der Waals surface area contributed by atoms with Gasteiger partial charge in [-0.3, -0.25) is 10.1 Å². The average Bonchev–Trinajstić information content (AvgIpc) is 2.76. The average molecular weight is 290 g/mol. The Balaban J connectivity index is 2.37. The van der Waals surface area contributed by atoms with E-state index in [0.29, 0.717) is 17.8 Å². The van der Waals surface area contributed by atoms with Crippen molar-refractivity contribution in [2.24, 2.45) is 7.05 Å². The summed E-state index contributed by atoms with van der Waals surface area (Å²) < 4.78 is 1.40. The first kappa shape index (κ1) is 14.5. The van der Waals surface area contributed by atoms with Crippen molar-refractivity contribution < 1.29 is 14.8 Å². The van der Waals surface area contributed by atoms with Gasteiger partial charge in [0.25, 0.3) is 0 Å². The number of aromatic carboxylic acids is 1. The summed E-state index contributed by atoms with van der Waals surface area (Å²) >= 11 is 0. The molecule has 2 aromatic rings. The molecule has 0 saturated carbocycles. The predicted molar refractivity (Wildman–Crippen MR) is 75.9 cm³/mol. The molecule has 0 fully saturated rings. The second-order valence-electron chi connectivity index (χ2n) is 4.39. The molecule has 1 heterocycles. The largest absolute Gasteiger partial charge is 0.478 e. The lowest BCUT2D eigenvalue weighted by Gasteiger charge is -2.06. The molecule has 0 spiro atoms. The van der Waals surface area contributed by atoms with Gasteiger partial charge in [0.15, 0.2) is 0 Å². The number of carbonyl (C=O) groups is 1. The van der Waals surface area contributed by atoms with Gasteiger partial charge in [-0.25, -0.2) is 9.48 Å². The second kappa shape index (κ2) is 5.61. The molecule has 0 atom stereocenters. The molecule has 1 aromatic carbocycles. The van der Waals surface area contributed by atoms with Crippen molar-refractivity contribution in [1.82, 2.24) is 9.78 Å². The summed E-state index contributed by atoms with van der Waals surface area (Å²) in [6.45, 7) is 1.79. The van der Waals surface area contributed by atoms with Crippen molar-refractivity contribution in [3.63, 3.8) is 0 Å². The third-order valence-electron chi connectivity index (χ3n) is 3.00. The van der Waals surface area contributed by atoms with Crippen LogP contribution >= 0.6 is 0 Å². The monoisotopic (exact) mass is 290 g/mol. The second-order valence-corrected chi connectivity index (χ2v) is 4.39. The maximum atomic E-state index is 11.2. The Bertz CT molecular complexity index is 691. The van der Waals surface area contributed by atoms with Gasteiger partial charge in [-0.2, -0.15) is 5.10 Å². The Morgan fingerprint density at radius 1 is 1.43 bits per heavy atom. The van der Waals surface area contributed by atoms with E-state index in [1.807, 2.05) is 0 Å². The van der Waals surface area contributed by atoms with Gasteiger partial charge < -0.3 is 10.4 Å². The van der Waals surface area contributed by atoms with Crippen molar-refractivity contribution in [2.75, 3.05) is 5.32 Å². The van der Waals surface area contributed by atoms with Crippen molar-refractivity contribution in [1.29, 1.82) is 0 Å². The van der Waals surface area contributed by atoms with Crippen LogP contribution in [-0.2, 0) is 13.5 Å². The fourth-order valence-electron chi connectivity index (χ4n) is 1.97. The van der Waals surface area contributed by atoms with Crippen LogP contribution in [0.1, 0.15) is 23.0 Å². The van der Waals surface area contributed by atoms with Crippen molar-refractivity contribution in [3.8, 4) is 0 Å². The summed E-state index contributed by atoms with van der Waals surface area (Å²) in [4.78, 5) is 21.5. The first-order valence-electron chi connectivity index (χ1n) is 6.24. The van der Waals surface area contributed by atoms with Crippen LogP contribution in [-0.4, -0.2) is 25.8 Å². The van der Waals surface area contributed by atoms with Gasteiger partial charge in [0.2, 0.25) is 5.82 Å². The smallest absolute Gasteiger partial charge is 0.335 e. The molecule has 1 aromatic heterocycles. The minimum atomic E-state index is -1.03. The van der Waals surface area contributed by atoms with Gasteiger partial charge in [-0.1, -0.05) is 6.92 Å². The van der Waals surface area contributed by atoms with Crippen LogP contribution in [0.5, 0.6) is 0 Å². The first-order chi connectivity index (χ1) is 9.93. The van der Waals surface area contributed by atoms with E-state index >= 15 is 0 Å². The lowest BCUT2D eigenvalue weighted by molar-refractivity contribution is -0.384. The summed E-state index contributed by atoms with van der Waals surface area (Å²) in [6.07, 6.45) is 0.448. The third-order valence-corrected chi connectivity index (χ3v) is 3.00. The van der Waals surface area contributed by atoms with Crippen molar-refractivity contribution in [2.45, 2.75) is 13.3 Å². The number of rotatable bonds is 5. The molecule has 110 valence electrons. The molecule has 0 aliphatic carbocycles. The molecular weight excluding hydrogens is 276 g/mol. The quantitative estimate of drug-likeness (QED) is 0.646. The van der Waals surface area contributed by atoms with Gasteiger partial charge in [0.05, 0.1) is 10.5 Å². The highest BCUT2D eigenvalue weighted by atomic mass is 16.6. The highest BCUT2D eigenvalue weighted by Crippen LogP contribution is 2.30. The van der Waals surface area contributed by atoms with Crippen molar-refractivity contribution >= 4 is 23.2 Å². The number of nitrogens with zero attached hydrogens (tertiary/aromatic N) is 3. The van der Waals surface area contributed by atoms with Gasteiger partial charge in [0.1, 0.15) is 5.69 Å². The summed E-state index contributed by atoms with van der Waals surface area (Å²) in [6, 6.07) is 5.94. The number of carboxylic acid groups (broad SMARTS) is 1. The number of aromatic nitrogens is 2. The lowest BCUT2D eigenvalue weighted by atomic mass is 10.2. The normalized spacial score (nSPS) is 10.4. The molecule has 21 heavy (non-hydrogen) atoms. The molecule has 8 heteroatoms. The zero-order valence-corrected chi connectivity index (χ0v) is 11.5. The Labute approximate surface area is 120 Å². The Hall–Kier alpha value is -2.90. The van der Waals surface area contributed by atoms with E-state index in [1.165, 1.54) is 16.8 Å². The summed E-state index contributed by atoms with van der Waals surface area (Å²) in [7, 11) is 1.61. The molecule has 0 bridgehead atoms. The number of anilines is 2. The Morgan fingerprint density at radius 3 is 2.52 bits per heavy atom. The number of carboxylic acids is 1. The number of benzene rings is 1. The number of nitro groups is 1. The van der Waals surface area contributed by atoms with E-state index < -0.39 is 10.9 Å². The molecule has 0 amide bonds. The Morgan fingerprint density at radius 2 is 2.05 bits per heavy atom. The summed E-state index contributed by atoms with van der Waals surface area (Å²) in [5.41, 5.74) is 1.03. The highest BCUT2D eigenvalue weighted by molar-refractivity contribution is 5.88. The fraction of sp³-hybridized carbons (Fsp3) is 0.231. The standard InChI is InChI=1S/C13H14N4O4/c1-3-10-11(17(20)21)12(16(2)15-10)14-9-6-4-8(5-7-9)13(18)19/h4-7,14H,3H2,1-2H3,(H,18,19). The molecule has 0 aliphatic rings. The minimum Gasteiger partial charge on any atom is -0.478 e. The SMILES string of the molecule is CCc1nn(C)c(Nc2ccc(C(=O)O)cc2)c1[N+](=O)[O-].